The molecule has 1 aliphatic heterocycles. The third-order valence-electron chi connectivity index (χ3n) is 7.01. The van der Waals surface area contributed by atoms with Crippen LogP contribution in [0.3, 0.4) is 0 Å². The third-order valence-corrected chi connectivity index (χ3v) is 7.01. The zero-order valence-corrected chi connectivity index (χ0v) is 18.9. The van der Waals surface area contributed by atoms with Crippen LogP contribution in [0, 0.1) is 17.7 Å². The van der Waals surface area contributed by atoms with Crippen LogP contribution in [0.4, 0.5) is 21.8 Å². The first-order valence-corrected chi connectivity index (χ1v) is 11.6. The molecule has 2 aromatic rings. The molecule has 1 amide bonds. The van der Waals surface area contributed by atoms with Crippen molar-refractivity contribution in [2.24, 2.45) is 11.8 Å². The molecule has 32 heavy (non-hydrogen) atoms. The van der Waals surface area contributed by atoms with Gasteiger partial charge in [0.25, 0.3) is 0 Å². The average Bonchev–Trinajstić information content (AvgIpc) is 2.77. The molecule has 2 unspecified atom stereocenters. The molecule has 1 saturated carbocycles. The number of amides is 1. The molecule has 0 spiro atoms. The van der Waals surface area contributed by atoms with Crippen LogP contribution >= 0.6 is 0 Å². The van der Waals surface area contributed by atoms with Crippen molar-refractivity contribution in [3.8, 4) is 11.3 Å². The highest BCUT2D eigenvalue weighted by Gasteiger charge is 2.33. The van der Waals surface area contributed by atoms with Crippen LogP contribution in [0.25, 0.3) is 11.3 Å². The highest BCUT2D eigenvalue weighted by molar-refractivity contribution is 5.80. The van der Waals surface area contributed by atoms with Gasteiger partial charge in [0.1, 0.15) is 11.6 Å². The predicted molar refractivity (Wildman–Crippen MR) is 125 cm³/mol. The maximum atomic E-state index is 14.0. The number of nitrogens with two attached hydrogens (primary N) is 2. The summed E-state index contributed by atoms with van der Waals surface area (Å²) in [5.41, 5.74) is 12.8. The SMILES string of the molecule is CC1CCCCC1NC(=O)[C@H]1CC[C@@H](C)N(c2cc(-c3ccc(N)c(F)c3)nc(N)n2)C1. The van der Waals surface area contributed by atoms with E-state index in [1.165, 1.54) is 31.4 Å². The topological polar surface area (TPSA) is 110 Å². The van der Waals surface area contributed by atoms with Crippen molar-refractivity contribution in [1.82, 2.24) is 15.3 Å². The van der Waals surface area contributed by atoms with Crippen LogP contribution in [-0.2, 0) is 4.79 Å². The lowest BCUT2D eigenvalue weighted by atomic mass is 9.85. The number of nitrogen functional groups attached to an aromatic ring is 2. The number of halogens is 1. The van der Waals surface area contributed by atoms with Crippen LogP contribution in [0.1, 0.15) is 52.4 Å². The van der Waals surface area contributed by atoms with E-state index in [1.54, 1.807) is 12.1 Å². The highest BCUT2D eigenvalue weighted by Crippen LogP contribution is 2.31. The molecule has 5 N–H and O–H groups in total. The number of hydrogen-bond donors (Lipinski definition) is 3. The van der Waals surface area contributed by atoms with E-state index in [-0.39, 0.29) is 35.5 Å². The van der Waals surface area contributed by atoms with E-state index in [2.05, 4.69) is 34.0 Å². The predicted octanol–water partition coefficient (Wildman–Crippen LogP) is 3.75. The number of nitrogens with zero attached hydrogens (tertiary/aromatic N) is 3. The minimum Gasteiger partial charge on any atom is -0.396 e. The number of anilines is 3. The van der Waals surface area contributed by atoms with E-state index in [4.69, 9.17) is 11.5 Å². The zero-order valence-electron chi connectivity index (χ0n) is 18.9. The second kappa shape index (κ2) is 9.30. The van der Waals surface area contributed by atoms with Gasteiger partial charge >= 0.3 is 0 Å². The van der Waals surface area contributed by atoms with E-state index >= 15 is 0 Å². The van der Waals surface area contributed by atoms with Crippen molar-refractivity contribution >= 4 is 23.4 Å². The summed E-state index contributed by atoms with van der Waals surface area (Å²) in [7, 11) is 0. The normalized spacial score (nSPS) is 26.0. The van der Waals surface area contributed by atoms with Gasteiger partial charge in [-0.15, -0.1) is 0 Å². The first kappa shape index (κ1) is 22.3. The van der Waals surface area contributed by atoms with Gasteiger partial charge in [0.05, 0.1) is 17.3 Å². The summed E-state index contributed by atoms with van der Waals surface area (Å²) in [6.07, 6.45) is 6.39. The number of nitrogens with one attached hydrogen (secondary N) is 1. The van der Waals surface area contributed by atoms with Gasteiger partial charge in [-0.2, -0.15) is 4.98 Å². The highest BCUT2D eigenvalue weighted by atomic mass is 19.1. The molecule has 1 aliphatic carbocycles. The molecular weight excluding hydrogens is 407 g/mol. The molecule has 8 heteroatoms. The Kier molecular flexibility index (Phi) is 6.48. The maximum absolute atomic E-state index is 14.0. The third kappa shape index (κ3) is 4.79. The van der Waals surface area contributed by atoms with Crippen LogP contribution in [0.2, 0.25) is 0 Å². The van der Waals surface area contributed by atoms with Gasteiger partial charge in [-0.3, -0.25) is 4.79 Å². The summed E-state index contributed by atoms with van der Waals surface area (Å²) in [6.45, 7) is 4.92. The molecule has 172 valence electrons. The molecule has 2 heterocycles. The van der Waals surface area contributed by atoms with Gasteiger partial charge < -0.3 is 21.7 Å². The first-order chi connectivity index (χ1) is 15.3. The standard InChI is InChI=1S/C24H33FN6O/c1-14-5-3-4-6-20(14)28-23(32)17-8-7-15(2)31(13-17)22-12-21(29-24(27)30-22)16-9-10-19(26)18(25)11-16/h9-12,14-15,17,20H,3-8,13,26H2,1-2H3,(H,28,32)(H2,27,29,30)/t14?,15-,17+,20?/m1/s1. The average molecular weight is 441 g/mol. The lowest BCUT2D eigenvalue weighted by molar-refractivity contribution is -0.126. The second-order valence-corrected chi connectivity index (χ2v) is 9.36. The number of piperidine rings is 1. The Labute approximate surface area is 188 Å². The van der Waals surface area contributed by atoms with Gasteiger partial charge in [-0.05, 0) is 50.7 Å². The second-order valence-electron chi connectivity index (χ2n) is 9.36. The fourth-order valence-electron chi connectivity index (χ4n) is 4.91. The summed E-state index contributed by atoms with van der Waals surface area (Å²) >= 11 is 0. The van der Waals surface area contributed by atoms with Crippen LogP contribution in [0.15, 0.2) is 24.3 Å². The Morgan fingerprint density at radius 1 is 1.09 bits per heavy atom. The van der Waals surface area contributed by atoms with Gasteiger partial charge in [0, 0.05) is 30.3 Å². The molecule has 2 fully saturated rings. The zero-order chi connectivity index (χ0) is 22.8. The molecular formula is C24H33FN6O. The Hall–Kier alpha value is -2.90. The fourth-order valence-corrected chi connectivity index (χ4v) is 4.91. The fraction of sp³-hybridized carbons (Fsp3) is 0.542. The molecule has 7 nitrogen and oxygen atoms in total. The molecule has 1 aromatic heterocycles. The van der Waals surface area contributed by atoms with E-state index in [0.29, 0.717) is 29.5 Å². The lowest BCUT2D eigenvalue weighted by Gasteiger charge is -2.39. The minimum atomic E-state index is -0.499. The Morgan fingerprint density at radius 3 is 2.62 bits per heavy atom. The van der Waals surface area contributed by atoms with Crippen molar-refractivity contribution in [2.45, 2.75) is 64.5 Å². The largest absolute Gasteiger partial charge is 0.396 e. The van der Waals surface area contributed by atoms with Crippen LogP contribution in [-0.4, -0.2) is 34.5 Å². The van der Waals surface area contributed by atoms with E-state index in [9.17, 15) is 9.18 Å². The van der Waals surface area contributed by atoms with E-state index in [0.717, 1.165) is 19.3 Å². The molecule has 1 saturated heterocycles. The summed E-state index contributed by atoms with van der Waals surface area (Å²) in [5, 5.41) is 3.31. The number of aromatic nitrogens is 2. The Bertz CT molecular complexity index is 983. The van der Waals surface area contributed by atoms with Crippen molar-refractivity contribution in [1.29, 1.82) is 0 Å². The molecule has 4 rings (SSSR count). The Morgan fingerprint density at radius 2 is 1.88 bits per heavy atom. The van der Waals surface area contributed by atoms with Gasteiger partial charge in [-0.1, -0.05) is 25.8 Å². The number of benzene rings is 1. The molecule has 2 aliphatic rings. The summed E-state index contributed by atoms with van der Waals surface area (Å²) in [6, 6.07) is 6.86. The van der Waals surface area contributed by atoms with Crippen molar-refractivity contribution in [3.05, 3.63) is 30.1 Å². The van der Waals surface area contributed by atoms with Crippen LogP contribution in [0.5, 0.6) is 0 Å². The maximum Gasteiger partial charge on any atom is 0.225 e. The number of carbonyl (C=O) groups is 1. The van der Waals surface area contributed by atoms with E-state index < -0.39 is 5.82 Å². The quantitative estimate of drug-likeness (QED) is 0.625. The Balaban J connectivity index is 1.53. The summed E-state index contributed by atoms with van der Waals surface area (Å²) in [5.74, 6) is 0.819. The van der Waals surface area contributed by atoms with Crippen LogP contribution < -0.4 is 21.7 Å². The van der Waals surface area contributed by atoms with Gasteiger partial charge in [-0.25, -0.2) is 9.37 Å². The number of rotatable bonds is 4. The van der Waals surface area contributed by atoms with E-state index in [1.807, 2.05) is 0 Å². The van der Waals surface area contributed by atoms with Crippen molar-refractivity contribution < 1.29 is 9.18 Å². The molecule has 0 radical (unpaired) electrons. The number of hydrogen-bond acceptors (Lipinski definition) is 6. The van der Waals surface area contributed by atoms with Crippen molar-refractivity contribution in [3.63, 3.8) is 0 Å². The minimum absolute atomic E-state index is 0.0850. The monoisotopic (exact) mass is 440 g/mol. The van der Waals surface area contributed by atoms with Gasteiger partial charge in [0.15, 0.2) is 0 Å². The molecule has 4 atom stereocenters. The first-order valence-electron chi connectivity index (χ1n) is 11.6. The van der Waals surface area contributed by atoms with Crippen molar-refractivity contribution in [2.75, 3.05) is 22.9 Å². The lowest BCUT2D eigenvalue weighted by Crippen LogP contribution is -2.50. The molecule has 1 aromatic carbocycles. The smallest absolute Gasteiger partial charge is 0.225 e. The number of carbonyl (C=O) groups excluding carboxylic acids is 1. The summed E-state index contributed by atoms with van der Waals surface area (Å²) in [4.78, 5) is 23.9. The molecule has 0 bridgehead atoms. The van der Waals surface area contributed by atoms with Gasteiger partial charge in [0.2, 0.25) is 11.9 Å². The summed E-state index contributed by atoms with van der Waals surface area (Å²) < 4.78 is 14.0.